The van der Waals surface area contributed by atoms with Gasteiger partial charge in [-0.2, -0.15) is 0 Å². The van der Waals surface area contributed by atoms with E-state index in [1.807, 2.05) is 0 Å². The van der Waals surface area contributed by atoms with Gasteiger partial charge in [0, 0.05) is 19.3 Å². The zero-order valence-corrected chi connectivity index (χ0v) is 23.3. The first-order chi connectivity index (χ1) is 15.8. The van der Waals surface area contributed by atoms with Gasteiger partial charge in [-0.15, -0.1) is 0 Å². The summed E-state index contributed by atoms with van der Waals surface area (Å²) >= 11 is 0. The standard InChI is InChI=1S/C31H50O3/c1-20(2)18-23(32)19-22(5)25-12-16-31(8)27-11-10-24(21(3)4)29(6,15-14-28(33)34-9)26(27)13-17-30(25,31)7/h13,20,22,24-25,27H,3,10-12,14-19H2,1-2,4-9H3/t22-,24+,25-,27-,29+,30-,31+/m1/s1. The fourth-order valence-electron chi connectivity index (χ4n) is 8.73. The van der Waals surface area contributed by atoms with Crippen molar-refractivity contribution >= 4 is 11.8 Å². The minimum Gasteiger partial charge on any atom is -0.469 e. The van der Waals surface area contributed by atoms with Crippen molar-refractivity contribution in [2.75, 3.05) is 7.11 Å². The molecule has 0 bridgehead atoms. The Morgan fingerprint density at radius 2 is 1.76 bits per heavy atom. The number of fused-ring (bicyclic) bond motifs is 3. The molecule has 3 rings (SSSR count). The van der Waals surface area contributed by atoms with E-state index >= 15 is 0 Å². The minimum atomic E-state index is -0.114. The molecule has 0 aliphatic heterocycles. The summed E-state index contributed by atoms with van der Waals surface area (Å²) in [6.45, 7) is 20.6. The summed E-state index contributed by atoms with van der Waals surface area (Å²) in [4.78, 5) is 24.8. The van der Waals surface area contributed by atoms with Crippen molar-refractivity contribution in [2.24, 2.45) is 45.8 Å². The summed E-state index contributed by atoms with van der Waals surface area (Å²) in [6, 6.07) is 0. The second kappa shape index (κ2) is 9.94. The van der Waals surface area contributed by atoms with Gasteiger partial charge in [-0.3, -0.25) is 9.59 Å². The molecule has 0 saturated heterocycles. The van der Waals surface area contributed by atoms with E-state index < -0.39 is 0 Å². The van der Waals surface area contributed by atoms with Crippen LogP contribution in [-0.4, -0.2) is 18.9 Å². The Hall–Kier alpha value is -1.38. The van der Waals surface area contributed by atoms with Crippen molar-refractivity contribution in [1.29, 1.82) is 0 Å². The molecule has 0 heterocycles. The molecule has 3 aliphatic carbocycles. The van der Waals surface area contributed by atoms with Crippen molar-refractivity contribution in [1.82, 2.24) is 0 Å². The van der Waals surface area contributed by atoms with Gasteiger partial charge < -0.3 is 4.74 Å². The summed E-state index contributed by atoms with van der Waals surface area (Å²) in [7, 11) is 1.49. The largest absolute Gasteiger partial charge is 0.469 e. The molecule has 0 aromatic heterocycles. The van der Waals surface area contributed by atoms with Crippen LogP contribution in [0.5, 0.6) is 0 Å². The zero-order valence-electron chi connectivity index (χ0n) is 23.3. The van der Waals surface area contributed by atoms with Gasteiger partial charge in [0.1, 0.15) is 5.78 Å². The second-order valence-electron chi connectivity index (χ2n) is 13.2. The molecule has 0 N–H and O–H groups in total. The number of methoxy groups -OCH3 is 1. The number of hydrogen-bond donors (Lipinski definition) is 0. The molecule has 34 heavy (non-hydrogen) atoms. The third kappa shape index (κ3) is 4.58. The SMILES string of the molecule is C=C(C)[C@@H]1CC[C@@H]2C(=CC[C@]3(C)[C@@H]([C@H](C)CC(=O)CC(C)C)CC[C@@]23C)[C@@]1(C)CCC(=O)OC. The Balaban J connectivity index is 1.92. The lowest BCUT2D eigenvalue weighted by atomic mass is 9.44. The van der Waals surface area contributed by atoms with Gasteiger partial charge in [-0.25, -0.2) is 0 Å². The molecule has 0 radical (unpaired) electrons. The van der Waals surface area contributed by atoms with Crippen LogP contribution in [0.25, 0.3) is 0 Å². The van der Waals surface area contributed by atoms with E-state index in [4.69, 9.17) is 4.74 Å². The predicted molar refractivity (Wildman–Crippen MR) is 140 cm³/mol. The molecule has 0 aromatic carbocycles. The first kappa shape index (κ1) is 27.2. The summed E-state index contributed by atoms with van der Waals surface area (Å²) in [5.74, 6) is 2.75. The van der Waals surface area contributed by atoms with Crippen LogP contribution < -0.4 is 0 Å². The predicted octanol–water partition coefficient (Wildman–Crippen LogP) is 7.94. The molecule has 0 amide bonds. The number of Topliss-reactive ketones (excluding diaryl/α,β-unsaturated/α-hetero) is 1. The first-order valence-corrected chi connectivity index (χ1v) is 13.7. The van der Waals surface area contributed by atoms with Gasteiger partial charge in [0.2, 0.25) is 0 Å². The van der Waals surface area contributed by atoms with E-state index in [-0.39, 0.29) is 22.2 Å². The van der Waals surface area contributed by atoms with Crippen LogP contribution >= 0.6 is 0 Å². The second-order valence-corrected chi connectivity index (χ2v) is 13.2. The lowest BCUT2D eigenvalue weighted by Gasteiger charge is -2.60. The molecule has 7 atom stereocenters. The van der Waals surface area contributed by atoms with E-state index in [1.165, 1.54) is 31.9 Å². The van der Waals surface area contributed by atoms with Crippen molar-refractivity contribution in [3.63, 3.8) is 0 Å². The maximum atomic E-state index is 12.7. The summed E-state index contributed by atoms with van der Waals surface area (Å²) in [5, 5.41) is 0. The maximum absolute atomic E-state index is 12.7. The molecule has 3 nitrogen and oxygen atoms in total. The number of rotatable bonds is 9. The van der Waals surface area contributed by atoms with Crippen LogP contribution in [0, 0.1) is 45.8 Å². The highest BCUT2D eigenvalue weighted by molar-refractivity contribution is 5.78. The lowest BCUT2D eigenvalue weighted by Crippen LogP contribution is -2.52. The van der Waals surface area contributed by atoms with Crippen LogP contribution in [-0.2, 0) is 14.3 Å². The van der Waals surface area contributed by atoms with Gasteiger partial charge in [0.05, 0.1) is 7.11 Å². The molecule has 3 heteroatoms. The normalized spacial score (nSPS) is 38.0. The van der Waals surface area contributed by atoms with Gasteiger partial charge in [-0.05, 0) is 91.3 Å². The molecule has 2 fully saturated rings. The third-order valence-electron chi connectivity index (χ3n) is 10.7. The smallest absolute Gasteiger partial charge is 0.305 e. The van der Waals surface area contributed by atoms with Crippen LogP contribution in [0.4, 0.5) is 0 Å². The van der Waals surface area contributed by atoms with Crippen molar-refractivity contribution in [3.05, 3.63) is 23.8 Å². The Kier molecular flexibility index (Phi) is 7.95. The van der Waals surface area contributed by atoms with Crippen LogP contribution in [0.1, 0.15) is 106 Å². The first-order valence-electron chi connectivity index (χ1n) is 13.7. The Labute approximate surface area is 209 Å². The van der Waals surface area contributed by atoms with Gasteiger partial charge in [-0.1, -0.05) is 65.3 Å². The monoisotopic (exact) mass is 470 g/mol. The molecular weight excluding hydrogens is 420 g/mol. The van der Waals surface area contributed by atoms with Gasteiger partial charge in [0.15, 0.2) is 0 Å². The summed E-state index contributed by atoms with van der Waals surface area (Å²) in [6.07, 6.45) is 11.2. The Morgan fingerprint density at radius 1 is 1.09 bits per heavy atom. The zero-order chi connectivity index (χ0) is 25.5. The highest BCUT2D eigenvalue weighted by Crippen LogP contribution is 2.71. The summed E-state index contributed by atoms with van der Waals surface area (Å²) < 4.78 is 5.01. The molecule has 0 unspecified atom stereocenters. The topological polar surface area (TPSA) is 43.4 Å². The lowest BCUT2D eigenvalue weighted by molar-refractivity contribution is -0.141. The van der Waals surface area contributed by atoms with Crippen molar-refractivity contribution in [3.8, 4) is 0 Å². The number of ketones is 1. The van der Waals surface area contributed by atoms with Crippen LogP contribution in [0.2, 0.25) is 0 Å². The average Bonchev–Trinajstić information content (AvgIpc) is 3.03. The summed E-state index contributed by atoms with van der Waals surface area (Å²) in [5.41, 5.74) is 3.25. The molecule has 0 aromatic rings. The van der Waals surface area contributed by atoms with E-state index in [0.29, 0.717) is 48.2 Å². The number of carbonyl (C=O) groups is 2. The van der Waals surface area contributed by atoms with Crippen molar-refractivity contribution in [2.45, 2.75) is 106 Å². The van der Waals surface area contributed by atoms with Crippen molar-refractivity contribution < 1.29 is 14.3 Å². The molecule has 3 aliphatic rings. The highest BCUT2D eigenvalue weighted by Gasteiger charge is 2.63. The number of carbonyl (C=O) groups excluding carboxylic acids is 2. The quantitative estimate of drug-likeness (QED) is 0.254. The maximum Gasteiger partial charge on any atom is 0.305 e. The van der Waals surface area contributed by atoms with Crippen LogP contribution in [0.15, 0.2) is 23.8 Å². The number of esters is 1. The molecular formula is C31H50O3. The van der Waals surface area contributed by atoms with E-state index in [9.17, 15) is 9.59 Å². The molecule has 192 valence electrons. The van der Waals surface area contributed by atoms with Gasteiger partial charge >= 0.3 is 5.97 Å². The van der Waals surface area contributed by atoms with E-state index in [0.717, 1.165) is 25.7 Å². The van der Waals surface area contributed by atoms with E-state index in [2.05, 4.69) is 61.1 Å². The molecule has 2 saturated carbocycles. The fourth-order valence-corrected chi connectivity index (χ4v) is 8.73. The van der Waals surface area contributed by atoms with Gasteiger partial charge in [0.25, 0.3) is 0 Å². The minimum absolute atomic E-state index is 0.0375. The third-order valence-corrected chi connectivity index (χ3v) is 10.7. The number of hydrogen-bond acceptors (Lipinski definition) is 3. The highest BCUT2D eigenvalue weighted by atomic mass is 16.5. The number of allylic oxidation sites excluding steroid dienone is 3. The number of ether oxygens (including phenoxy) is 1. The fraction of sp³-hybridized carbons (Fsp3) is 0.806. The Morgan fingerprint density at radius 3 is 2.35 bits per heavy atom. The Bertz CT molecular complexity index is 838. The van der Waals surface area contributed by atoms with E-state index in [1.54, 1.807) is 5.57 Å². The van der Waals surface area contributed by atoms with Crippen LogP contribution in [0.3, 0.4) is 0 Å². The average molecular weight is 471 g/mol. The molecule has 0 spiro atoms.